The van der Waals surface area contributed by atoms with Gasteiger partial charge in [-0.05, 0) is 63.2 Å². The Morgan fingerprint density at radius 1 is 1.15 bits per heavy atom. The molecule has 0 spiro atoms. The van der Waals surface area contributed by atoms with Crippen molar-refractivity contribution in [2.45, 2.75) is 26.9 Å². The fourth-order valence-electron chi connectivity index (χ4n) is 3.12. The molecular weight excluding hydrogens is 360 g/mol. The Kier molecular flexibility index (Phi) is 5.34. The average Bonchev–Trinajstić information content (AvgIpc) is 2.96. The van der Waals surface area contributed by atoms with Crippen LogP contribution in [0.2, 0.25) is 5.02 Å². The normalized spacial score (nSPS) is 11.7. The highest BCUT2D eigenvalue weighted by Gasteiger charge is 2.23. The Balaban J connectivity index is 1.90. The molecule has 1 aromatic heterocycles. The van der Waals surface area contributed by atoms with Crippen molar-refractivity contribution in [3.63, 3.8) is 0 Å². The van der Waals surface area contributed by atoms with Crippen molar-refractivity contribution in [2.75, 3.05) is 0 Å². The van der Waals surface area contributed by atoms with Gasteiger partial charge in [0, 0.05) is 27.7 Å². The molecule has 0 aliphatic heterocycles. The second-order valence-corrected chi connectivity index (χ2v) is 6.77. The summed E-state index contributed by atoms with van der Waals surface area (Å²) in [5.74, 6) is 0.281. The number of hydrogen-bond acceptors (Lipinski definition) is 3. The lowest BCUT2D eigenvalue weighted by Gasteiger charge is -2.15. The summed E-state index contributed by atoms with van der Waals surface area (Å²) in [6, 6.07) is 18.3. The third kappa shape index (κ3) is 3.74. The lowest BCUT2D eigenvalue weighted by molar-refractivity contribution is 0.0817. The number of halogens is 1. The molecule has 4 nitrogen and oxygen atoms in total. The second-order valence-electron chi connectivity index (χ2n) is 6.33. The standard InChI is InChI=1S/C22H19ClN2O2/c1-14-12-20(15(2)25(14)19-10-8-18(23)9-11-19)22(26)16(3)27-21-7-5-4-6-17(21)13-24/h4-12,16H,1-3H3/t16-/m1/s1. The van der Waals surface area contributed by atoms with Crippen molar-refractivity contribution in [3.8, 4) is 17.5 Å². The fourth-order valence-corrected chi connectivity index (χ4v) is 3.25. The molecule has 0 saturated carbocycles. The summed E-state index contributed by atoms with van der Waals surface area (Å²) >= 11 is 5.97. The maximum atomic E-state index is 13.0. The van der Waals surface area contributed by atoms with E-state index < -0.39 is 6.10 Å². The number of benzene rings is 2. The number of nitriles is 1. The summed E-state index contributed by atoms with van der Waals surface area (Å²) < 4.78 is 7.79. The molecule has 0 N–H and O–H groups in total. The van der Waals surface area contributed by atoms with Crippen LogP contribution in [-0.4, -0.2) is 16.5 Å². The van der Waals surface area contributed by atoms with Crippen LogP contribution in [0.3, 0.4) is 0 Å². The zero-order chi connectivity index (χ0) is 19.6. The summed E-state index contributed by atoms with van der Waals surface area (Å²) in [7, 11) is 0. The van der Waals surface area contributed by atoms with Gasteiger partial charge in [-0.1, -0.05) is 23.7 Å². The molecule has 3 aromatic rings. The minimum atomic E-state index is -0.710. The van der Waals surface area contributed by atoms with Gasteiger partial charge in [0.05, 0.1) is 5.56 Å². The third-order valence-corrected chi connectivity index (χ3v) is 4.71. The van der Waals surface area contributed by atoms with Crippen LogP contribution in [0.4, 0.5) is 0 Å². The van der Waals surface area contributed by atoms with E-state index in [1.807, 2.05) is 48.7 Å². The molecule has 0 bridgehead atoms. The SMILES string of the molecule is Cc1cc(C(=O)[C@@H](C)Oc2ccccc2C#N)c(C)n1-c1ccc(Cl)cc1. The number of nitrogens with zero attached hydrogens (tertiary/aromatic N) is 2. The van der Waals surface area contributed by atoms with Gasteiger partial charge >= 0.3 is 0 Å². The zero-order valence-corrected chi connectivity index (χ0v) is 16.1. The molecule has 0 aliphatic carbocycles. The highest BCUT2D eigenvalue weighted by Crippen LogP contribution is 2.25. The van der Waals surface area contributed by atoms with E-state index in [0.717, 1.165) is 17.1 Å². The quantitative estimate of drug-likeness (QED) is 0.568. The van der Waals surface area contributed by atoms with Crippen molar-refractivity contribution in [1.82, 2.24) is 4.57 Å². The van der Waals surface area contributed by atoms with Gasteiger partial charge in [-0.25, -0.2) is 0 Å². The number of hydrogen-bond donors (Lipinski definition) is 0. The Morgan fingerprint density at radius 2 is 1.81 bits per heavy atom. The van der Waals surface area contributed by atoms with E-state index in [1.165, 1.54) is 0 Å². The van der Waals surface area contributed by atoms with Crippen LogP contribution in [0.25, 0.3) is 5.69 Å². The van der Waals surface area contributed by atoms with Gasteiger partial charge in [0.15, 0.2) is 6.10 Å². The summed E-state index contributed by atoms with van der Waals surface area (Å²) in [6.45, 7) is 5.56. The molecule has 0 unspecified atom stereocenters. The van der Waals surface area contributed by atoms with Crippen LogP contribution in [-0.2, 0) is 0 Å². The van der Waals surface area contributed by atoms with Gasteiger partial charge in [-0.3, -0.25) is 4.79 Å². The number of Topliss-reactive ketones (excluding diaryl/α,β-unsaturated/α-hetero) is 1. The molecule has 136 valence electrons. The summed E-state index contributed by atoms with van der Waals surface area (Å²) in [6.07, 6.45) is -0.710. The number of para-hydroxylation sites is 1. The summed E-state index contributed by atoms with van der Waals surface area (Å²) in [4.78, 5) is 13.0. The lowest BCUT2D eigenvalue weighted by Crippen LogP contribution is -2.24. The van der Waals surface area contributed by atoms with Gasteiger partial charge < -0.3 is 9.30 Å². The Bertz CT molecular complexity index is 1030. The van der Waals surface area contributed by atoms with E-state index in [2.05, 4.69) is 6.07 Å². The van der Waals surface area contributed by atoms with Gasteiger partial charge in [0.1, 0.15) is 11.8 Å². The van der Waals surface area contributed by atoms with Crippen LogP contribution in [0, 0.1) is 25.2 Å². The summed E-state index contributed by atoms with van der Waals surface area (Å²) in [5, 5.41) is 9.85. The molecule has 3 rings (SSSR count). The molecule has 0 fully saturated rings. The molecule has 0 amide bonds. The minimum Gasteiger partial charge on any atom is -0.481 e. The molecule has 1 heterocycles. The predicted octanol–water partition coefficient (Wildman–Crippen LogP) is 5.27. The topological polar surface area (TPSA) is 55.0 Å². The first kappa shape index (κ1) is 18.8. The van der Waals surface area contributed by atoms with Crippen molar-refractivity contribution in [2.24, 2.45) is 0 Å². The van der Waals surface area contributed by atoms with Gasteiger partial charge in [0.25, 0.3) is 0 Å². The zero-order valence-electron chi connectivity index (χ0n) is 15.4. The van der Waals surface area contributed by atoms with Gasteiger partial charge in [-0.2, -0.15) is 5.26 Å². The van der Waals surface area contributed by atoms with Crippen molar-refractivity contribution in [3.05, 3.63) is 82.1 Å². The minimum absolute atomic E-state index is 0.129. The van der Waals surface area contributed by atoms with E-state index in [0.29, 0.717) is 21.9 Å². The Morgan fingerprint density at radius 3 is 2.48 bits per heavy atom. The molecule has 5 heteroatoms. The second kappa shape index (κ2) is 7.69. The van der Waals surface area contributed by atoms with Crippen LogP contribution in [0.1, 0.15) is 34.2 Å². The molecule has 2 aromatic carbocycles. The van der Waals surface area contributed by atoms with E-state index in [-0.39, 0.29) is 5.78 Å². The maximum absolute atomic E-state index is 13.0. The number of aryl methyl sites for hydroxylation is 1. The van der Waals surface area contributed by atoms with Crippen LogP contribution >= 0.6 is 11.6 Å². The lowest BCUT2D eigenvalue weighted by atomic mass is 10.1. The van der Waals surface area contributed by atoms with Crippen LogP contribution in [0.15, 0.2) is 54.6 Å². The van der Waals surface area contributed by atoms with E-state index >= 15 is 0 Å². The number of carbonyl (C=O) groups is 1. The third-order valence-electron chi connectivity index (χ3n) is 4.46. The molecule has 0 saturated heterocycles. The largest absolute Gasteiger partial charge is 0.481 e. The van der Waals surface area contributed by atoms with Crippen molar-refractivity contribution < 1.29 is 9.53 Å². The monoisotopic (exact) mass is 378 g/mol. The Labute approximate surface area is 163 Å². The summed E-state index contributed by atoms with van der Waals surface area (Å²) in [5.41, 5.74) is 3.73. The van der Waals surface area contributed by atoms with Crippen LogP contribution < -0.4 is 4.74 Å². The number of ether oxygens (including phenoxy) is 1. The first-order valence-electron chi connectivity index (χ1n) is 8.57. The molecular formula is C22H19ClN2O2. The van der Waals surface area contributed by atoms with E-state index in [1.54, 1.807) is 31.2 Å². The van der Waals surface area contributed by atoms with E-state index in [4.69, 9.17) is 16.3 Å². The maximum Gasteiger partial charge on any atom is 0.204 e. The number of carbonyl (C=O) groups excluding carboxylic acids is 1. The van der Waals surface area contributed by atoms with E-state index in [9.17, 15) is 10.1 Å². The number of ketones is 1. The predicted molar refractivity (Wildman–Crippen MR) is 106 cm³/mol. The molecule has 0 aliphatic rings. The first-order valence-corrected chi connectivity index (χ1v) is 8.95. The first-order chi connectivity index (χ1) is 12.9. The average molecular weight is 379 g/mol. The Hall–Kier alpha value is -3.03. The van der Waals surface area contributed by atoms with Gasteiger partial charge in [0.2, 0.25) is 5.78 Å². The highest BCUT2D eigenvalue weighted by molar-refractivity contribution is 6.30. The number of rotatable bonds is 5. The van der Waals surface area contributed by atoms with Crippen molar-refractivity contribution >= 4 is 17.4 Å². The molecule has 27 heavy (non-hydrogen) atoms. The van der Waals surface area contributed by atoms with Gasteiger partial charge in [-0.15, -0.1) is 0 Å². The fraction of sp³-hybridized carbons (Fsp3) is 0.182. The number of aromatic nitrogens is 1. The smallest absolute Gasteiger partial charge is 0.204 e. The van der Waals surface area contributed by atoms with Crippen LogP contribution in [0.5, 0.6) is 5.75 Å². The molecule has 0 radical (unpaired) electrons. The van der Waals surface area contributed by atoms with Crippen molar-refractivity contribution in [1.29, 1.82) is 5.26 Å². The molecule has 1 atom stereocenters. The highest BCUT2D eigenvalue weighted by atomic mass is 35.5.